The summed E-state index contributed by atoms with van der Waals surface area (Å²) >= 11 is 0. The van der Waals surface area contributed by atoms with Crippen LogP contribution in [0.5, 0.6) is 0 Å². The van der Waals surface area contributed by atoms with Crippen molar-refractivity contribution in [3.8, 4) is 0 Å². The molecule has 0 bridgehead atoms. The average molecular weight is 483 g/mol. The predicted molar refractivity (Wildman–Crippen MR) is 149 cm³/mol. The fourth-order valence-electron chi connectivity index (χ4n) is 4.64. The van der Waals surface area contributed by atoms with Crippen LogP contribution in [0.2, 0.25) is 0 Å². The first-order valence-corrected chi connectivity index (χ1v) is 13.8. The number of rotatable bonds is 15. The monoisotopic (exact) mass is 482 g/mol. The zero-order valence-corrected chi connectivity index (χ0v) is 23.4. The molecule has 0 aromatic carbocycles. The predicted octanol–water partition coefficient (Wildman–Crippen LogP) is 9.51. The highest BCUT2D eigenvalue weighted by Gasteiger charge is 2.26. The lowest BCUT2D eigenvalue weighted by molar-refractivity contribution is -0.156. The number of unbranched alkanes of at least 4 members (excludes halogenated alkanes) is 8. The van der Waals surface area contributed by atoms with Gasteiger partial charge in [-0.25, -0.2) is 4.79 Å². The van der Waals surface area contributed by atoms with E-state index >= 15 is 0 Å². The first kappa shape index (κ1) is 30.9. The van der Waals surface area contributed by atoms with Crippen molar-refractivity contribution in [3.05, 3.63) is 58.7 Å². The van der Waals surface area contributed by atoms with E-state index in [1.165, 1.54) is 75.0 Å². The van der Waals surface area contributed by atoms with Gasteiger partial charge < -0.3 is 4.74 Å². The van der Waals surface area contributed by atoms with E-state index < -0.39 is 11.9 Å². The molecule has 0 radical (unpaired) electrons. The topological polar surface area (TPSA) is 43.4 Å². The second kappa shape index (κ2) is 17.3. The minimum Gasteiger partial charge on any atom is -0.390 e. The van der Waals surface area contributed by atoms with E-state index in [2.05, 4.69) is 46.8 Å². The van der Waals surface area contributed by atoms with E-state index in [0.717, 1.165) is 30.4 Å². The molecule has 0 spiro atoms. The van der Waals surface area contributed by atoms with Crippen molar-refractivity contribution in [2.24, 2.45) is 5.41 Å². The summed E-state index contributed by atoms with van der Waals surface area (Å²) in [5.41, 5.74) is 5.08. The van der Waals surface area contributed by atoms with E-state index in [1.54, 1.807) is 0 Å². The number of carbonyl (C=O) groups excluding carboxylic acids is 2. The summed E-state index contributed by atoms with van der Waals surface area (Å²) in [6, 6.07) is 0. The quantitative estimate of drug-likeness (QED) is 0.0767. The standard InChI is InChI=1S/C32H50O3/c1-7-8-9-10-11-12-13-14-15-21-30(33)35-31(34)25-27(3)19-16-18-26(2)22-23-29-28(4)20-17-24-32(29,5)6/h16,18-19,22-23,25H,7-15,17,20-21,24H2,1-6H3/b19-16+,23-22+,26-18+,27-25+. The summed E-state index contributed by atoms with van der Waals surface area (Å²) in [4.78, 5) is 23.9. The SMILES string of the molecule is CCCCCCCCCCCC(=O)OC(=O)/C=C(C)/C=C/C=C(C)/C=C/C1=C(C)CCCC1(C)C. The van der Waals surface area contributed by atoms with Crippen LogP contribution in [0.25, 0.3) is 0 Å². The van der Waals surface area contributed by atoms with E-state index in [9.17, 15) is 9.59 Å². The molecular weight excluding hydrogens is 432 g/mol. The highest BCUT2D eigenvalue weighted by molar-refractivity contribution is 5.92. The molecule has 1 aliphatic carbocycles. The molecule has 0 aromatic rings. The van der Waals surface area contributed by atoms with Gasteiger partial charge in [-0.1, -0.05) is 114 Å². The molecule has 0 amide bonds. The minimum absolute atomic E-state index is 0.236. The summed E-state index contributed by atoms with van der Waals surface area (Å²) in [5, 5.41) is 0. The van der Waals surface area contributed by atoms with E-state index in [4.69, 9.17) is 4.74 Å². The van der Waals surface area contributed by atoms with Crippen LogP contribution in [-0.2, 0) is 14.3 Å². The normalized spacial score (nSPS) is 17.0. The van der Waals surface area contributed by atoms with Crippen LogP contribution in [0.3, 0.4) is 0 Å². The summed E-state index contributed by atoms with van der Waals surface area (Å²) in [6.07, 6.45) is 26.3. The lowest BCUT2D eigenvalue weighted by Crippen LogP contribution is -2.19. The Hall–Kier alpha value is -2.16. The van der Waals surface area contributed by atoms with Gasteiger partial charge in [0.25, 0.3) is 0 Å². The summed E-state index contributed by atoms with van der Waals surface area (Å²) in [5.74, 6) is -1.02. The van der Waals surface area contributed by atoms with Crippen molar-refractivity contribution in [1.82, 2.24) is 0 Å². The van der Waals surface area contributed by atoms with Crippen LogP contribution in [0, 0.1) is 5.41 Å². The molecule has 196 valence electrons. The molecule has 0 saturated heterocycles. The third-order valence-electron chi connectivity index (χ3n) is 6.82. The van der Waals surface area contributed by atoms with Gasteiger partial charge in [-0.3, -0.25) is 4.79 Å². The summed E-state index contributed by atoms with van der Waals surface area (Å²) in [6.45, 7) is 13.0. The van der Waals surface area contributed by atoms with Gasteiger partial charge in [-0.2, -0.15) is 0 Å². The van der Waals surface area contributed by atoms with Crippen LogP contribution in [0.15, 0.2) is 58.7 Å². The molecule has 0 N–H and O–H groups in total. The molecule has 0 aromatic heterocycles. The Labute approximate surface area is 215 Å². The number of hydrogen-bond donors (Lipinski definition) is 0. The number of hydrogen-bond acceptors (Lipinski definition) is 3. The first-order valence-electron chi connectivity index (χ1n) is 13.8. The molecule has 3 heteroatoms. The maximum Gasteiger partial charge on any atom is 0.338 e. The molecule has 0 fully saturated rings. The van der Waals surface area contributed by atoms with Crippen molar-refractivity contribution in [2.45, 2.75) is 125 Å². The Morgan fingerprint density at radius 2 is 1.54 bits per heavy atom. The Kier molecular flexibility index (Phi) is 15.3. The lowest BCUT2D eigenvalue weighted by Gasteiger charge is -2.32. The van der Waals surface area contributed by atoms with Crippen molar-refractivity contribution in [1.29, 1.82) is 0 Å². The third kappa shape index (κ3) is 14.1. The number of carbonyl (C=O) groups is 2. The van der Waals surface area contributed by atoms with Gasteiger partial charge in [0.15, 0.2) is 0 Å². The number of ether oxygens (including phenoxy) is 1. The van der Waals surface area contributed by atoms with Crippen molar-refractivity contribution >= 4 is 11.9 Å². The first-order chi connectivity index (χ1) is 16.7. The van der Waals surface area contributed by atoms with Crippen LogP contribution in [0.1, 0.15) is 125 Å². The average Bonchev–Trinajstić information content (AvgIpc) is 2.77. The molecule has 1 rings (SSSR count). The zero-order valence-electron chi connectivity index (χ0n) is 23.4. The third-order valence-corrected chi connectivity index (χ3v) is 6.82. The van der Waals surface area contributed by atoms with E-state index in [-0.39, 0.29) is 5.41 Å². The van der Waals surface area contributed by atoms with Crippen molar-refractivity contribution < 1.29 is 14.3 Å². The highest BCUT2D eigenvalue weighted by atomic mass is 16.6. The van der Waals surface area contributed by atoms with Gasteiger partial charge in [0, 0.05) is 12.5 Å². The molecule has 0 heterocycles. The van der Waals surface area contributed by atoms with E-state index in [0.29, 0.717) is 6.42 Å². The number of esters is 2. The zero-order chi connectivity index (χ0) is 26.1. The molecule has 1 aliphatic rings. The molecule has 3 nitrogen and oxygen atoms in total. The van der Waals surface area contributed by atoms with Crippen LogP contribution >= 0.6 is 0 Å². The maximum atomic E-state index is 12.0. The van der Waals surface area contributed by atoms with E-state index in [1.807, 2.05) is 25.2 Å². The van der Waals surface area contributed by atoms with Crippen LogP contribution in [-0.4, -0.2) is 11.9 Å². The second-order valence-corrected chi connectivity index (χ2v) is 10.8. The second-order valence-electron chi connectivity index (χ2n) is 10.8. The molecule has 35 heavy (non-hydrogen) atoms. The summed E-state index contributed by atoms with van der Waals surface area (Å²) in [7, 11) is 0. The smallest absolute Gasteiger partial charge is 0.338 e. The minimum atomic E-state index is -0.587. The van der Waals surface area contributed by atoms with Crippen molar-refractivity contribution in [2.75, 3.05) is 0 Å². The number of allylic oxidation sites excluding steroid dienone is 9. The fraction of sp³-hybridized carbons (Fsp3) is 0.625. The fourth-order valence-corrected chi connectivity index (χ4v) is 4.64. The molecular formula is C32H50O3. The Morgan fingerprint density at radius 1 is 0.914 bits per heavy atom. The molecule has 0 atom stereocenters. The Balaban J connectivity index is 2.36. The van der Waals surface area contributed by atoms with Gasteiger partial charge >= 0.3 is 11.9 Å². The largest absolute Gasteiger partial charge is 0.390 e. The summed E-state index contributed by atoms with van der Waals surface area (Å²) < 4.78 is 4.94. The van der Waals surface area contributed by atoms with Gasteiger partial charge in [-0.05, 0) is 63.0 Å². The molecule has 0 saturated carbocycles. The van der Waals surface area contributed by atoms with Gasteiger partial charge in [-0.15, -0.1) is 0 Å². The van der Waals surface area contributed by atoms with Gasteiger partial charge in [0.1, 0.15) is 0 Å². The highest BCUT2D eigenvalue weighted by Crippen LogP contribution is 2.40. The van der Waals surface area contributed by atoms with Gasteiger partial charge in [0.05, 0.1) is 0 Å². The van der Waals surface area contributed by atoms with Gasteiger partial charge in [0.2, 0.25) is 0 Å². The van der Waals surface area contributed by atoms with Crippen LogP contribution in [0.4, 0.5) is 0 Å². The van der Waals surface area contributed by atoms with Crippen LogP contribution < -0.4 is 0 Å². The Morgan fingerprint density at radius 3 is 2.17 bits per heavy atom. The maximum absolute atomic E-state index is 12.0. The lowest BCUT2D eigenvalue weighted by atomic mass is 9.72. The van der Waals surface area contributed by atoms with Crippen molar-refractivity contribution in [3.63, 3.8) is 0 Å². The molecule has 0 aliphatic heterocycles. The molecule has 0 unspecified atom stereocenters. The Bertz CT molecular complexity index is 818.